The molecule has 1 fully saturated rings. The zero-order valence-corrected chi connectivity index (χ0v) is 16.5. The minimum Gasteiger partial charge on any atom is -0.475 e. The number of benzene rings is 1. The molecule has 4 heterocycles. The third-order valence-electron chi connectivity index (χ3n) is 4.97. The molecule has 1 aromatic carbocycles. The Morgan fingerprint density at radius 2 is 2.13 bits per heavy atom. The molecular weight excluding hydrogens is 384 g/mol. The van der Waals surface area contributed by atoms with E-state index in [2.05, 4.69) is 32.4 Å². The predicted octanol–water partition coefficient (Wildman–Crippen LogP) is 2.89. The number of hydrogen-bond acceptors (Lipinski definition) is 6. The highest BCUT2D eigenvalue weighted by atomic mass is 16.5. The molecule has 3 N–H and O–H groups in total. The van der Waals surface area contributed by atoms with Gasteiger partial charge < -0.3 is 24.9 Å². The van der Waals surface area contributed by atoms with E-state index in [1.807, 2.05) is 18.2 Å². The highest BCUT2D eigenvalue weighted by Gasteiger charge is 2.19. The van der Waals surface area contributed by atoms with E-state index in [0.29, 0.717) is 12.1 Å². The van der Waals surface area contributed by atoms with Crippen LogP contribution in [-0.2, 0) is 4.74 Å². The van der Waals surface area contributed by atoms with Crippen LogP contribution in [0.25, 0.3) is 16.6 Å². The number of carboxylic acid groups (broad SMARTS) is 1. The molecule has 8 heteroatoms. The first kappa shape index (κ1) is 20.1. The SMILES string of the molecule is C1=C(c2cccnc2O[C@H]2CCNC2)CCOC1.O=C(O)c1nc2ccccc2[nH]1. The fraction of sp³-hybridized carbons (Fsp3) is 0.318. The normalized spacial score (nSPS) is 18.4. The van der Waals surface area contributed by atoms with Gasteiger partial charge in [0.05, 0.1) is 24.2 Å². The van der Waals surface area contributed by atoms with Crippen LogP contribution < -0.4 is 10.1 Å². The fourth-order valence-corrected chi connectivity index (χ4v) is 3.44. The van der Waals surface area contributed by atoms with Gasteiger partial charge in [0.15, 0.2) is 0 Å². The Balaban J connectivity index is 0.000000158. The molecule has 0 aliphatic carbocycles. The molecule has 8 nitrogen and oxygen atoms in total. The summed E-state index contributed by atoms with van der Waals surface area (Å²) in [5.74, 6) is -0.290. The summed E-state index contributed by atoms with van der Waals surface area (Å²) in [6.45, 7) is 3.42. The number of para-hydroxylation sites is 2. The number of aromatic carboxylic acids is 1. The molecule has 0 spiro atoms. The number of aromatic nitrogens is 3. The molecule has 0 amide bonds. The molecule has 0 radical (unpaired) electrons. The van der Waals surface area contributed by atoms with Crippen molar-refractivity contribution in [3.05, 3.63) is 60.1 Å². The average Bonchev–Trinajstić information content (AvgIpc) is 3.45. The second-order valence-electron chi connectivity index (χ2n) is 7.05. The highest BCUT2D eigenvalue weighted by molar-refractivity contribution is 5.88. The summed E-state index contributed by atoms with van der Waals surface area (Å²) in [6.07, 6.45) is 6.16. The summed E-state index contributed by atoms with van der Waals surface area (Å²) in [6, 6.07) is 11.2. The van der Waals surface area contributed by atoms with Gasteiger partial charge >= 0.3 is 5.97 Å². The van der Waals surface area contributed by atoms with Gasteiger partial charge in [-0.05, 0) is 49.2 Å². The van der Waals surface area contributed by atoms with Crippen molar-refractivity contribution in [3.8, 4) is 5.88 Å². The number of hydrogen-bond donors (Lipinski definition) is 3. The van der Waals surface area contributed by atoms with Crippen molar-refractivity contribution in [2.75, 3.05) is 26.3 Å². The molecule has 30 heavy (non-hydrogen) atoms. The molecule has 0 bridgehead atoms. The Kier molecular flexibility index (Phi) is 6.36. The number of ether oxygens (including phenoxy) is 2. The van der Waals surface area contributed by atoms with Crippen molar-refractivity contribution < 1.29 is 19.4 Å². The summed E-state index contributed by atoms with van der Waals surface area (Å²) >= 11 is 0. The number of H-pyrrole nitrogens is 1. The van der Waals surface area contributed by atoms with Gasteiger partial charge in [0.25, 0.3) is 0 Å². The van der Waals surface area contributed by atoms with Gasteiger partial charge in [-0.2, -0.15) is 0 Å². The molecule has 2 aliphatic heterocycles. The van der Waals surface area contributed by atoms with E-state index in [0.717, 1.165) is 49.5 Å². The van der Waals surface area contributed by atoms with Crippen LogP contribution in [-0.4, -0.2) is 58.4 Å². The Morgan fingerprint density at radius 3 is 2.87 bits per heavy atom. The Morgan fingerprint density at radius 1 is 1.23 bits per heavy atom. The van der Waals surface area contributed by atoms with Crippen molar-refractivity contribution in [1.29, 1.82) is 0 Å². The predicted molar refractivity (Wildman–Crippen MR) is 113 cm³/mol. The maximum atomic E-state index is 10.5. The monoisotopic (exact) mass is 408 g/mol. The van der Waals surface area contributed by atoms with Crippen LogP contribution in [0.5, 0.6) is 5.88 Å². The third kappa shape index (κ3) is 4.84. The first-order valence-corrected chi connectivity index (χ1v) is 9.98. The lowest BCUT2D eigenvalue weighted by molar-refractivity contribution is 0.0685. The maximum Gasteiger partial charge on any atom is 0.371 e. The van der Waals surface area contributed by atoms with Crippen LogP contribution >= 0.6 is 0 Å². The summed E-state index contributed by atoms with van der Waals surface area (Å²) in [5.41, 5.74) is 3.83. The fourth-order valence-electron chi connectivity index (χ4n) is 3.44. The van der Waals surface area contributed by atoms with E-state index < -0.39 is 5.97 Å². The molecule has 0 unspecified atom stereocenters. The van der Waals surface area contributed by atoms with E-state index in [-0.39, 0.29) is 11.9 Å². The van der Waals surface area contributed by atoms with Gasteiger partial charge in [-0.15, -0.1) is 0 Å². The quantitative estimate of drug-likeness (QED) is 0.609. The van der Waals surface area contributed by atoms with E-state index in [9.17, 15) is 4.79 Å². The number of pyridine rings is 1. The summed E-state index contributed by atoms with van der Waals surface area (Å²) in [7, 11) is 0. The standard InChI is InChI=1S/C14H18N2O2.C8H6N2O2/c1-2-13(11-4-8-17-9-5-11)14(16-6-1)18-12-3-7-15-10-12;11-8(12)7-9-5-3-1-2-4-6(5)10-7/h1-2,4,6,12,15H,3,5,7-10H2;1-4H,(H,9,10)(H,11,12)/t12-;/m0./s1. The number of fused-ring (bicyclic) bond motifs is 1. The number of imidazole rings is 1. The number of carbonyl (C=O) groups is 1. The van der Waals surface area contributed by atoms with Gasteiger partial charge in [0.2, 0.25) is 11.7 Å². The summed E-state index contributed by atoms with van der Waals surface area (Å²) in [4.78, 5) is 21.4. The Labute approximate surface area is 174 Å². The first-order valence-electron chi connectivity index (χ1n) is 9.98. The van der Waals surface area contributed by atoms with E-state index in [4.69, 9.17) is 14.6 Å². The molecular formula is C22H24N4O4. The van der Waals surface area contributed by atoms with Crippen LogP contribution in [0.2, 0.25) is 0 Å². The summed E-state index contributed by atoms with van der Waals surface area (Å²) in [5, 5.41) is 11.9. The van der Waals surface area contributed by atoms with Crippen LogP contribution in [0.4, 0.5) is 0 Å². The Hall–Kier alpha value is -3.23. The Bertz CT molecular complexity index is 1010. The second kappa shape index (κ2) is 9.51. The zero-order valence-electron chi connectivity index (χ0n) is 16.5. The average molecular weight is 408 g/mol. The minimum absolute atomic E-state index is 0.0174. The van der Waals surface area contributed by atoms with Gasteiger partial charge in [0, 0.05) is 18.3 Å². The molecule has 1 saturated heterocycles. The molecule has 3 aromatic rings. The molecule has 156 valence electrons. The van der Waals surface area contributed by atoms with E-state index in [1.165, 1.54) is 5.57 Å². The molecule has 1 atom stereocenters. The highest BCUT2D eigenvalue weighted by Crippen LogP contribution is 2.29. The van der Waals surface area contributed by atoms with Crippen LogP contribution in [0, 0.1) is 0 Å². The third-order valence-corrected chi connectivity index (χ3v) is 4.97. The van der Waals surface area contributed by atoms with Crippen LogP contribution in [0.15, 0.2) is 48.7 Å². The van der Waals surface area contributed by atoms with Gasteiger partial charge in [-0.1, -0.05) is 18.2 Å². The number of rotatable bonds is 4. The van der Waals surface area contributed by atoms with Crippen molar-refractivity contribution in [2.45, 2.75) is 18.9 Å². The van der Waals surface area contributed by atoms with E-state index in [1.54, 1.807) is 18.3 Å². The van der Waals surface area contributed by atoms with Gasteiger partial charge in [0.1, 0.15) is 6.10 Å². The van der Waals surface area contributed by atoms with Crippen LogP contribution in [0.3, 0.4) is 0 Å². The molecule has 2 aliphatic rings. The lowest BCUT2D eigenvalue weighted by atomic mass is 10.0. The topological polar surface area (TPSA) is 109 Å². The number of carboxylic acids is 1. The van der Waals surface area contributed by atoms with Crippen molar-refractivity contribution in [3.63, 3.8) is 0 Å². The smallest absolute Gasteiger partial charge is 0.371 e. The lowest BCUT2D eigenvalue weighted by Crippen LogP contribution is -2.20. The maximum absolute atomic E-state index is 10.5. The van der Waals surface area contributed by atoms with Gasteiger partial charge in [-0.25, -0.2) is 14.8 Å². The second-order valence-corrected chi connectivity index (χ2v) is 7.05. The summed E-state index contributed by atoms with van der Waals surface area (Å²) < 4.78 is 11.4. The van der Waals surface area contributed by atoms with Crippen molar-refractivity contribution >= 4 is 22.6 Å². The number of nitrogens with zero attached hydrogens (tertiary/aromatic N) is 2. The largest absolute Gasteiger partial charge is 0.475 e. The zero-order chi connectivity index (χ0) is 20.8. The number of aromatic amines is 1. The first-order chi connectivity index (χ1) is 14.7. The minimum atomic E-state index is -1.04. The number of nitrogens with one attached hydrogen (secondary N) is 2. The van der Waals surface area contributed by atoms with Crippen molar-refractivity contribution in [2.24, 2.45) is 0 Å². The van der Waals surface area contributed by atoms with Crippen molar-refractivity contribution in [1.82, 2.24) is 20.3 Å². The molecule has 5 rings (SSSR count). The van der Waals surface area contributed by atoms with Crippen LogP contribution in [0.1, 0.15) is 29.0 Å². The molecule has 0 saturated carbocycles. The van der Waals surface area contributed by atoms with Gasteiger partial charge in [-0.3, -0.25) is 0 Å². The van der Waals surface area contributed by atoms with E-state index >= 15 is 0 Å². The molecule has 2 aromatic heterocycles. The lowest BCUT2D eigenvalue weighted by Gasteiger charge is -2.18.